The molecule has 2 rings (SSSR count). The Morgan fingerprint density at radius 2 is 1.43 bits per heavy atom. The summed E-state index contributed by atoms with van der Waals surface area (Å²) in [7, 11) is -7.87. The van der Waals surface area contributed by atoms with Crippen LogP contribution in [-0.2, 0) is 20.0 Å². The monoisotopic (exact) mass is 354 g/mol. The van der Waals surface area contributed by atoms with Gasteiger partial charge in [0, 0.05) is 5.56 Å². The van der Waals surface area contributed by atoms with E-state index in [2.05, 4.69) is 4.72 Å². The van der Waals surface area contributed by atoms with Gasteiger partial charge in [-0.15, -0.1) is 0 Å². The van der Waals surface area contributed by atoms with Gasteiger partial charge in [-0.3, -0.25) is 9.52 Å². The van der Waals surface area contributed by atoms with Crippen LogP contribution in [0.3, 0.4) is 0 Å². The molecule has 0 unspecified atom stereocenters. The Balaban J connectivity index is 2.39. The highest BCUT2D eigenvalue weighted by Gasteiger charge is 2.18. The third-order valence-electron chi connectivity index (χ3n) is 3.01. The van der Waals surface area contributed by atoms with Crippen molar-refractivity contribution in [3.8, 4) is 0 Å². The molecule has 0 atom stereocenters. The number of nitrogens with two attached hydrogens (primary N) is 1. The average Bonchev–Trinajstić information content (AvgIpc) is 2.46. The molecule has 122 valence electrons. The maximum atomic E-state index is 12.3. The molecule has 2 aromatic carbocycles. The summed E-state index contributed by atoms with van der Waals surface area (Å²) in [6.07, 6.45) is 0. The molecular formula is C14H14N2O5S2. The van der Waals surface area contributed by atoms with Gasteiger partial charge in [0.05, 0.1) is 15.5 Å². The van der Waals surface area contributed by atoms with Crippen LogP contribution in [0.5, 0.6) is 0 Å². The number of anilines is 1. The van der Waals surface area contributed by atoms with Crippen molar-refractivity contribution in [3.63, 3.8) is 0 Å². The molecule has 0 radical (unpaired) electrons. The first-order valence-corrected chi connectivity index (χ1v) is 9.40. The van der Waals surface area contributed by atoms with Gasteiger partial charge in [-0.2, -0.15) is 0 Å². The topological polar surface area (TPSA) is 123 Å². The van der Waals surface area contributed by atoms with Crippen molar-refractivity contribution in [3.05, 3.63) is 54.1 Å². The van der Waals surface area contributed by atoms with Crippen LogP contribution in [0.4, 0.5) is 5.69 Å². The molecule has 0 aliphatic rings. The number of hydrogen-bond donors (Lipinski definition) is 2. The lowest BCUT2D eigenvalue weighted by molar-refractivity contribution is 0.101. The van der Waals surface area contributed by atoms with E-state index in [-0.39, 0.29) is 26.8 Å². The first kappa shape index (κ1) is 17.1. The number of ketones is 1. The second-order valence-electron chi connectivity index (χ2n) is 4.72. The quantitative estimate of drug-likeness (QED) is 0.784. The molecule has 3 N–H and O–H groups in total. The molecule has 23 heavy (non-hydrogen) atoms. The van der Waals surface area contributed by atoms with E-state index in [0.717, 1.165) is 24.3 Å². The fourth-order valence-electron chi connectivity index (χ4n) is 1.89. The summed E-state index contributed by atoms with van der Waals surface area (Å²) in [4.78, 5) is 11.2. The number of carbonyl (C=O) groups is 1. The Morgan fingerprint density at radius 3 is 1.96 bits per heavy atom. The Kier molecular flexibility index (Phi) is 4.55. The maximum Gasteiger partial charge on any atom is 0.261 e. The van der Waals surface area contributed by atoms with Gasteiger partial charge in [-0.05, 0) is 43.3 Å². The fourth-order valence-corrected chi connectivity index (χ4v) is 3.49. The van der Waals surface area contributed by atoms with Crippen molar-refractivity contribution < 1.29 is 21.6 Å². The highest BCUT2D eigenvalue weighted by atomic mass is 32.2. The molecule has 0 saturated carbocycles. The van der Waals surface area contributed by atoms with E-state index in [1.54, 1.807) is 12.1 Å². The van der Waals surface area contributed by atoms with E-state index in [1.807, 2.05) is 0 Å². The normalized spacial score (nSPS) is 11.9. The van der Waals surface area contributed by atoms with Gasteiger partial charge >= 0.3 is 0 Å². The molecule has 0 saturated heterocycles. The van der Waals surface area contributed by atoms with Gasteiger partial charge < -0.3 is 0 Å². The lowest BCUT2D eigenvalue weighted by Crippen LogP contribution is -2.16. The van der Waals surface area contributed by atoms with Crippen LogP contribution in [0.15, 0.2) is 58.3 Å². The molecule has 0 bridgehead atoms. The number of hydrogen-bond acceptors (Lipinski definition) is 5. The summed E-state index contributed by atoms with van der Waals surface area (Å²) >= 11 is 0. The Morgan fingerprint density at radius 1 is 0.913 bits per heavy atom. The fraction of sp³-hybridized carbons (Fsp3) is 0.0714. The van der Waals surface area contributed by atoms with Crippen LogP contribution >= 0.6 is 0 Å². The smallest absolute Gasteiger partial charge is 0.261 e. The second-order valence-corrected chi connectivity index (χ2v) is 7.97. The van der Waals surface area contributed by atoms with E-state index in [4.69, 9.17) is 5.14 Å². The van der Waals surface area contributed by atoms with Gasteiger partial charge in [0.15, 0.2) is 5.78 Å². The third kappa shape index (κ3) is 3.95. The molecule has 0 heterocycles. The number of carbonyl (C=O) groups excluding carboxylic acids is 1. The highest BCUT2D eigenvalue weighted by Crippen LogP contribution is 2.21. The maximum absolute atomic E-state index is 12.3. The zero-order valence-electron chi connectivity index (χ0n) is 12.1. The molecule has 2 aromatic rings. The predicted molar refractivity (Wildman–Crippen MR) is 85.1 cm³/mol. The van der Waals surface area contributed by atoms with Crippen molar-refractivity contribution in [1.82, 2.24) is 0 Å². The van der Waals surface area contributed by atoms with E-state index in [1.165, 1.54) is 19.1 Å². The van der Waals surface area contributed by atoms with Crippen LogP contribution in [-0.4, -0.2) is 22.6 Å². The molecule has 0 spiro atoms. The Hall–Kier alpha value is -2.23. The van der Waals surface area contributed by atoms with Crippen molar-refractivity contribution >= 4 is 31.5 Å². The van der Waals surface area contributed by atoms with E-state index < -0.39 is 20.0 Å². The second kappa shape index (κ2) is 6.11. The lowest BCUT2D eigenvalue weighted by Gasteiger charge is -2.11. The number of rotatable bonds is 5. The Labute approximate surface area is 134 Å². The number of Topliss-reactive ketones (excluding diaryl/α,β-unsaturated/α-hetero) is 1. The number of primary sulfonamides is 1. The summed E-state index contributed by atoms with van der Waals surface area (Å²) in [6.45, 7) is 1.33. The van der Waals surface area contributed by atoms with Crippen molar-refractivity contribution in [2.24, 2.45) is 5.14 Å². The minimum Gasteiger partial charge on any atom is -0.294 e. The molecule has 9 heteroatoms. The number of para-hydroxylation sites is 1. The predicted octanol–water partition coefficient (Wildman–Crippen LogP) is 1.34. The van der Waals surface area contributed by atoms with Gasteiger partial charge in [-0.25, -0.2) is 22.0 Å². The van der Waals surface area contributed by atoms with Crippen molar-refractivity contribution in [2.75, 3.05) is 4.72 Å². The lowest BCUT2D eigenvalue weighted by atomic mass is 10.1. The highest BCUT2D eigenvalue weighted by molar-refractivity contribution is 7.92. The largest absolute Gasteiger partial charge is 0.294 e. The summed E-state index contributed by atoms with van der Waals surface area (Å²) < 4.78 is 49.3. The zero-order chi connectivity index (χ0) is 17.3. The number of nitrogens with one attached hydrogen (secondary N) is 1. The summed E-state index contributed by atoms with van der Waals surface area (Å²) in [6, 6.07) is 10.6. The van der Waals surface area contributed by atoms with Crippen LogP contribution in [0, 0.1) is 0 Å². The minimum absolute atomic E-state index is 0.149. The van der Waals surface area contributed by atoms with Crippen LogP contribution in [0.1, 0.15) is 17.3 Å². The van der Waals surface area contributed by atoms with Gasteiger partial charge in [0.1, 0.15) is 0 Å². The van der Waals surface area contributed by atoms with Crippen LogP contribution in [0.25, 0.3) is 0 Å². The van der Waals surface area contributed by atoms with Crippen molar-refractivity contribution in [2.45, 2.75) is 16.7 Å². The summed E-state index contributed by atoms with van der Waals surface area (Å²) in [5, 5.41) is 4.96. The molecule has 0 aliphatic heterocycles. The SMILES string of the molecule is CC(=O)c1ccccc1NS(=O)(=O)c1ccc(S(N)(=O)=O)cc1. The van der Waals surface area contributed by atoms with E-state index >= 15 is 0 Å². The molecule has 7 nitrogen and oxygen atoms in total. The third-order valence-corrected chi connectivity index (χ3v) is 5.32. The first-order chi connectivity index (χ1) is 10.6. The van der Waals surface area contributed by atoms with Gasteiger partial charge in [0.2, 0.25) is 10.0 Å². The van der Waals surface area contributed by atoms with E-state index in [0.29, 0.717) is 0 Å². The molecular weight excluding hydrogens is 340 g/mol. The van der Waals surface area contributed by atoms with Gasteiger partial charge in [-0.1, -0.05) is 12.1 Å². The number of benzene rings is 2. The van der Waals surface area contributed by atoms with Crippen molar-refractivity contribution in [1.29, 1.82) is 0 Å². The first-order valence-electron chi connectivity index (χ1n) is 6.37. The molecule has 0 amide bonds. The van der Waals surface area contributed by atoms with Gasteiger partial charge in [0.25, 0.3) is 10.0 Å². The summed E-state index contributed by atoms with van der Waals surface area (Å²) in [5.41, 5.74) is 0.382. The molecule has 0 aliphatic carbocycles. The van der Waals surface area contributed by atoms with Crippen LogP contribution < -0.4 is 9.86 Å². The molecule has 0 fully saturated rings. The molecule has 0 aromatic heterocycles. The average molecular weight is 354 g/mol. The summed E-state index contributed by atoms with van der Waals surface area (Å²) in [5.74, 6) is -0.284. The zero-order valence-corrected chi connectivity index (χ0v) is 13.7. The van der Waals surface area contributed by atoms with E-state index in [9.17, 15) is 21.6 Å². The number of sulfonamides is 2. The Bertz CT molecular complexity index is 949. The van der Waals surface area contributed by atoms with Crippen LogP contribution in [0.2, 0.25) is 0 Å². The standard InChI is InChI=1S/C14H14N2O5S2/c1-10(17)13-4-2-3-5-14(13)16-23(20,21)12-8-6-11(7-9-12)22(15,18)19/h2-9,16H,1H3,(H2,15,18,19). The minimum atomic E-state index is -3.97.